The number of H-pyrrole nitrogens is 1. The molecule has 49 heavy (non-hydrogen) atoms. The van der Waals surface area contributed by atoms with Gasteiger partial charge in [-0.05, 0) is 98.2 Å². The molecule has 0 bridgehead atoms. The smallest absolute Gasteiger partial charge is 0.326 e. The van der Waals surface area contributed by atoms with E-state index in [1.807, 2.05) is 24.3 Å². The van der Waals surface area contributed by atoms with Gasteiger partial charge in [0.1, 0.15) is 17.7 Å². The number of aromatic amines is 1. The summed E-state index contributed by atoms with van der Waals surface area (Å²) in [4.78, 5) is 46.9. The normalized spacial score (nSPS) is 32.6. The predicted molar refractivity (Wildman–Crippen MR) is 187 cm³/mol. The molecule has 5 N–H and O–H groups in total. The van der Waals surface area contributed by atoms with Gasteiger partial charge in [-0.25, -0.2) is 4.79 Å². The van der Waals surface area contributed by atoms with Crippen molar-refractivity contribution in [1.29, 1.82) is 0 Å². The highest BCUT2D eigenvalue weighted by Crippen LogP contribution is 2.67. The number of hydrogen-bond donors (Lipinski definition) is 5. The standard InChI is InChI=1S/C39H50N4O6/c1-6-39(48)18-15-30-28-12-11-25-20-26(13-16-37(25,4)29(28)14-17-38(30,39)5)43-49-22-33(44)42-34(23(2)3)35(45)41-32(36(46)47)19-24-21-40-31-10-8-7-9-27(24)31/h1,7-10,20-21,23,28-30,32,34,40,48H,11-19,22H2,2-5H3,(H,41,45)(H,42,44)(H,46,47)/b43-26-/t28?,29?,30?,32?,34?,37-,38-,39+/m0/s1. The molecule has 0 saturated heterocycles. The van der Waals surface area contributed by atoms with Gasteiger partial charge >= 0.3 is 5.97 Å². The lowest BCUT2D eigenvalue weighted by Gasteiger charge is -2.58. The lowest BCUT2D eigenvalue weighted by Crippen LogP contribution is -2.54. The lowest BCUT2D eigenvalue weighted by molar-refractivity contribution is -0.142. The first-order valence-electron chi connectivity index (χ1n) is 17.8. The van der Waals surface area contributed by atoms with E-state index < -0.39 is 35.5 Å². The number of amides is 2. The number of aliphatic hydroxyl groups is 1. The number of allylic oxidation sites excluding steroid dienone is 2. The molecule has 10 heteroatoms. The number of aliphatic carboxylic acids is 1. The maximum absolute atomic E-state index is 13.2. The van der Waals surface area contributed by atoms with Crippen LogP contribution in [0.5, 0.6) is 0 Å². The second kappa shape index (κ2) is 13.3. The van der Waals surface area contributed by atoms with Gasteiger partial charge in [0.05, 0.1) is 5.71 Å². The number of carbonyl (C=O) groups is 3. The van der Waals surface area contributed by atoms with Crippen LogP contribution in [0.2, 0.25) is 0 Å². The first-order chi connectivity index (χ1) is 23.3. The van der Waals surface area contributed by atoms with Crippen molar-refractivity contribution in [2.45, 2.75) is 103 Å². The molecular weight excluding hydrogens is 620 g/mol. The molecule has 5 unspecified atom stereocenters. The summed E-state index contributed by atoms with van der Waals surface area (Å²) in [5, 5.41) is 31.7. The van der Waals surface area contributed by atoms with E-state index in [1.165, 1.54) is 5.57 Å². The van der Waals surface area contributed by atoms with E-state index in [1.54, 1.807) is 20.0 Å². The fourth-order valence-electron chi connectivity index (χ4n) is 9.80. The number of nitrogens with zero attached hydrogens (tertiary/aromatic N) is 1. The number of aromatic nitrogens is 1. The first-order valence-corrected chi connectivity index (χ1v) is 17.8. The number of para-hydroxylation sites is 1. The van der Waals surface area contributed by atoms with Crippen LogP contribution < -0.4 is 10.6 Å². The maximum Gasteiger partial charge on any atom is 0.326 e. The Hall–Kier alpha value is -4.10. The van der Waals surface area contributed by atoms with Crippen LogP contribution in [-0.4, -0.2) is 63.0 Å². The van der Waals surface area contributed by atoms with Gasteiger partial charge in [0.15, 0.2) is 6.61 Å². The zero-order chi connectivity index (χ0) is 35.1. The van der Waals surface area contributed by atoms with Crippen molar-refractivity contribution in [3.05, 3.63) is 47.7 Å². The predicted octanol–water partition coefficient (Wildman–Crippen LogP) is 5.12. The highest BCUT2D eigenvalue weighted by Gasteiger charge is 2.63. The van der Waals surface area contributed by atoms with Crippen LogP contribution in [0.1, 0.15) is 84.6 Å². The Morgan fingerprint density at radius 2 is 1.84 bits per heavy atom. The number of carboxylic acid groups (broad SMARTS) is 1. The molecule has 1 aromatic heterocycles. The SMILES string of the molecule is C#C[C@@]1(O)CCC2C3CCC4=C/C(=N\OCC(=O)NC(C(=O)NC(Cc5c[nH]c6ccccc56)C(=O)O)C(C)C)CC[C@]4(C)C3CC[C@@]21C. The summed E-state index contributed by atoms with van der Waals surface area (Å²) in [5.74, 6) is 1.76. The summed E-state index contributed by atoms with van der Waals surface area (Å²) in [6.07, 6.45) is 17.3. The van der Waals surface area contributed by atoms with Crippen LogP contribution in [0.3, 0.4) is 0 Å². The minimum Gasteiger partial charge on any atom is -0.480 e. The third-order valence-electron chi connectivity index (χ3n) is 12.7. The van der Waals surface area contributed by atoms with E-state index in [4.69, 9.17) is 11.3 Å². The fraction of sp³-hybridized carbons (Fsp3) is 0.590. The number of rotatable bonds is 10. The molecule has 0 spiro atoms. The third kappa shape index (κ3) is 6.27. The molecule has 1 heterocycles. The van der Waals surface area contributed by atoms with Gasteiger partial charge in [0.25, 0.3) is 5.91 Å². The van der Waals surface area contributed by atoms with Crippen molar-refractivity contribution < 1.29 is 29.4 Å². The van der Waals surface area contributed by atoms with Gasteiger partial charge < -0.3 is 30.7 Å². The molecule has 6 rings (SSSR count). The van der Waals surface area contributed by atoms with Gasteiger partial charge in [0, 0.05) is 28.9 Å². The fourth-order valence-corrected chi connectivity index (χ4v) is 9.80. The molecule has 3 saturated carbocycles. The van der Waals surface area contributed by atoms with E-state index in [0.29, 0.717) is 24.2 Å². The third-order valence-corrected chi connectivity index (χ3v) is 12.7. The Balaban J connectivity index is 1.04. The summed E-state index contributed by atoms with van der Waals surface area (Å²) in [6.45, 7) is 7.81. The van der Waals surface area contributed by atoms with Crippen LogP contribution in [0.25, 0.3) is 10.9 Å². The van der Waals surface area contributed by atoms with Crippen LogP contribution in [0.15, 0.2) is 47.3 Å². The van der Waals surface area contributed by atoms with Gasteiger partial charge in [-0.3, -0.25) is 9.59 Å². The van der Waals surface area contributed by atoms with Gasteiger partial charge in [-0.1, -0.05) is 62.5 Å². The number of carboxylic acids is 1. The van der Waals surface area contributed by atoms with Crippen molar-refractivity contribution in [3.63, 3.8) is 0 Å². The quantitative estimate of drug-likeness (QED) is 0.175. The minimum atomic E-state index is -1.17. The van der Waals surface area contributed by atoms with E-state index in [0.717, 1.165) is 67.1 Å². The Labute approximate surface area is 288 Å². The number of fused-ring (bicyclic) bond motifs is 6. The number of nitrogens with one attached hydrogen (secondary N) is 3. The maximum atomic E-state index is 13.2. The topological polar surface area (TPSA) is 153 Å². The van der Waals surface area contributed by atoms with Crippen molar-refractivity contribution in [2.75, 3.05) is 6.61 Å². The monoisotopic (exact) mass is 670 g/mol. The van der Waals surface area contributed by atoms with Crippen molar-refractivity contribution in [2.24, 2.45) is 39.7 Å². The molecular formula is C39H50N4O6. The zero-order valence-corrected chi connectivity index (χ0v) is 29.1. The summed E-state index contributed by atoms with van der Waals surface area (Å²) < 4.78 is 0. The summed E-state index contributed by atoms with van der Waals surface area (Å²) in [5.41, 5.74) is 2.70. The molecule has 0 radical (unpaired) electrons. The molecule has 8 atom stereocenters. The molecule has 4 aliphatic rings. The largest absolute Gasteiger partial charge is 0.480 e. The number of carbonyl (C=O) groups excluding carboxylic acids is 2. The zero-order valence-electron chi connectivity index (χ0n) is 29.1. The highest BCUT2D eigenvalue weighted by atomic mass is 16.6. The minimum absolute atomic E-state index is 0.0668. The summed E-state index contributed by atoms with van der Waals surface area (Å²) in [6, 6.07) is 5.45. The highest BCUT2D eigenvalue weighted by molar-refractivity contribution is 5.96. The van der Waals surface area contributed by atoms with Crippen LogP contribution in [0.4, 0.5) is 0 Å². The number of hydrogen-bond acceptors (Lipinski definition) is 6. The van der Waals surface area contributed by atoms with Crippen LogP contribution in [0, 0.1) is 46.8 Å². The summed E-state index contributed by atoms with van der Waals surface area (Å²) in [7, 11) is 0. The second-order valence-corrected chi connectivity index (χ2v) is 15.6. The number of benzene rings is 1. The van der Waals surface area contributed by atoms with E-state index in [9.17, 15) is 24.6 Å². The van der Waals surface area contributed by atoms with Crippen molar-refractivity contribution in [3.8, 4) is 12.3 Å². The first kappa shape index (κ1) is 34.8. The van der Waals surface area contributed by atoms with Crippen LogP contribution >= 0.6 is 0 Å². The average Bonchev–Trinajstić information content (AvgIpc) is 3.60. The van der Waals surface area contributed by atoms with E-state index >= 15 is 0 Å². The molecule has 1 aromatic carbocycles. The molecule has 4 aliphatic carbocycles. The Morgan fingerprint density at radius 3 is 2.57 bits per heavy atom. The van der Waals surface area contributed by atoms with E-state index in [-0.39, 0.29) is 29.8 Å². The molecule has 0 aliphatic heterocycles. The van der Waals surface area contributed by atoms with Crippen molar-refractivity contribution in [1.82, 2.24) is 15.6 Å². The number of oxime groups is 1. The molecule has 10 nitrogen and oxygen atoms in total. The van der Waals surface area contributed by atoms with Gasteiger partial charge in [-0.2, -0.15) is 0 Å². The molecule has 2 aromatic rings. The van der Waals surface area contributed by atoms with Gasteiger partial charge in [-0.15, -0.1) is 6.42 Å². The Bertz CT molecular complexity index is 1720. The van der Waals surface area contributed by atoms with Crippen LogP contribution in [-0.2, 0) is 25.6 Å². The molecule has 2 amide bonds. The second-order valence-electron chi connectivity index (χ2n) is 15.6. The lowest BCUT2D eigenvalue weighted by atomic mass is 9.46. The number of terminal acetylenes is 1. The average molecular weight is 671 g/mol. The Kier molecular flexibility index (Phi) is 9.44. The molecule has 262 valence electrons. The van der Waals surface area contributed by atoms with E-state index in [2.05, 4.69) is 46.6 Å². The molecule has 3 fully saturated rings. The van der Waals surface area contributed by atoms with Crippen molar-refractivity contribution >= 4 is 34.4 Å². The Morgan fingerprint density at radius 1 is 1.08 bits per heavy atom. The summed E-state index contributed by atoms with van der Waals surface area (Å²) >= 11 is 0. The van der Waals surface area contributed by atoms with Gasteiger partial charge in [0.2, 0.25) is 5.91 Å².